The molecule has 0 aromatic heterocycles. The number of hydrogen-bond acceptors (Lipinski definition) is 2. The highest BCUT2D eigenvalue weighted by Crippen LogP contribution is 2.66. The summed E-state index contributed by atoms with van der Waals surface area (Å²) < 4.78 is 0. The Morgan fingerprint density at radius 1 is 1.17 bits per heavy atom. The minimum absolute atomic E-state index is 0.198. The van der Waals surface area contributed by atoms with Gasteiger partial charge in [0, 0.05) is 0 Å². The Bertz CT molecular complexity index is 723. The van der Waals surface area contributed by atoms with E-state index in [0.717, 1.165) is 37.0 Å². The highest BCUT2D eigenvalue weighted by atomic mass is 16.3. The predicted octanol–water partition coefficient (Wildman–Crippen LogP) is 6.97. The molecule has 4 rings (SSSR count). The van der Waals surface area contributed by atoms with Gasteiger partial charge in [-0.2, -0.15) is 0 Å². The molecule has 2 nitrogen and oxygen atoms in total. The molecule has 0 unspecified atom stereocenters. The van der Waals surface area contributed by atoms with Crippen LogP contribution in [0.3, 0.4) is 0 Å². The summed E-state index contributed by atoms with van der Waals surface area (Å²) in [7, 11) is 0. The van der Waals surface area contributed by atoms with Crippen LogP contribution in [0.1, 0.15) is 86.0 Å². The van der Waals surface area contributed by atoms with Crippen molar-refractivity contribution in [2.75, 3.05) is 0 Å². The van der Waals surface area contributed by atoms with Crippen molar-refractivity contribution < 1.29 is 10.2 Å². The molecule has 2 fully saturated rings. The summed E-state index contributed by atoms with van der Waals surface area (Å²) in [4.78, 5) is 0. The quantitative estimate of drug-likeness (QED) is 0.525. The third-order valence-electron chi connectivity index (χ3n) is 9.56. The van der Waals surface area contributed by atoms with Crippen LogP contribution in [-0.2, 0) is 0 Å². The minimum atomic E-state index is -0.531. The number of aliphatic hydroxyl groups excluding tert-OH is 1. The van der Waals surface area contributed by atoms with Crippen molar-refractivity contribution in [3.05, 3.63) is 35.6 Å². The fourth-order valence-electron chi connectivity index (χ4n) is 7.88. The highest BCUT2D eigenvalue weighted by molar-refractivity contribution is 5.41. The van der Waals surface area contributed by atoms with Crippen LogP contribution in [0.25, 0.3) is 0 Å². The molecule has 0 heterocycles. The van der Waals surface area contributed by atoms with Crippen LogP contribution in [-0.4, -0.2) is 15.8 Å². The molecular formula is C27H42O2. The molecule has 2 heteroatoms. The van der Waals surface area contributed by atoms with E-state index >= 15 is 0 Å². The number of aliphatic hydroxyl groups is 2. The van der Waals surface area contributed by atoms with Crippen LogP contribution in [0.2, 0.25) is 0 Å². The lowest BCUT2D eigenvalue weighted by molar-refractivity contribution is -0.0232. The fraction of sp³-hybridized carbons (Fsp3) is 0.778. The fourth-order valence-corrected chi connectivity index (χ4v) is 7.88. The van der Waals surface area contributed by atoms with Crippen LogP contribution in [0.5, 0.6) is 0 Å². The zero-order valence-electron chi connectivity index (χ0n) is 19.2. The van der Waals surface area contributed by atoms with E-state index in [1.807, 2.05) is 26.0 Å². The van der Waals surface area contributed by atoms with E-state index in [1.54, 1.807) is 0 Å². The van der Waals surface area contributed by atoms with Crippen LogP contribution in [0, 0.1) is 40.4 Å². The molecule has 2 N–H and O–H groups in total. The van der Waals surface area contributed by atoms with E-state index in [1.165, 1.54) is 37.7 Å². The predicted molar refractivity (Wildman–Crippen MR) is 121 cm³/mol. The second kappa shape index (κ2) is 7.29. The molecule has 29 heavy (non-hydrogen) atoms. The van der Waals surface area contributed by atoms with Crippen molar-refractivity contribution >= 4 is 0 Å². The summed E-state index contributed by atoms with van der Waals surface area (Å²) in [5, 5.41) is 20.1. The van der Waals surface area contributed by atoms with Crippen molar-refractivity contribution in [2.45, 2.75) is 91.6 Å². The molecule has 0 saturated heterocycles. The van der Waals surface area contributed by atoms with E-state index in [0.29, 0.717) is 23.0 Å². The Balaban J connectivity index is 1.50. The van der Waals surface area contributed by atoms with Gasteiger partial charge >= 0.3 is 0 Å². The Labute approximate surface area is 178 Å². The molecule has 2 saturated carbocycles. The van der Waals surface area contributed by atoms with Gasteiger partial charge in [0.15, 0.2) is 0 Å². The molecule has 0 aromatic carbocycles. The van der Waals surface area contributed by atoms with Crippen LogP contribution in [0.4, 0.5) is 0 Å². The van der Waals surface area contributed by atoms with Gasteiger partial charge in [-0.15, -0.1) is 0 Å². The first-order chi connectivity index (χ1) is 13.5. The lowest BCUT2D eigenvalue weighted by Gasteiger charge is -2.56. The SMILES string of the molecule is C[C@H](CCCC(C)(C)O)[C@H]1CC[C@H]2[C@@H]3C=CC4=CC(O)=CC[C@]4(C)[C@H]3CC[C@]12C. The summed E-state index contributed by atoms with van der Waals surface area (Å²) in [5.74, 6) is 4.23. The summed E-state index contributed by atoms with van der Waals surface area (Å²) >= 11 is 0. The molecule has 4 aliphatic carbocycles. The van der Waals surface area contributed by atoms with E-state index in [-0.39, 0.29) is 5.41 Å². The van der Waals surface area contributed by atoms with Gasteiger partial charge in [-0.25, -0.2) is 0 Å². The smallest absolute Gasteiger partial charge is 0.111 e. The molecule has 0 radical (unpaired) electrons. The Morgan fingerprint density at radius 2 is 1.93 bits per heavy atom. The summed E-state index contributed by atoms with van der Waals surface area (Å²) in [6.07, 6.45) is 18.6. The first kappa shape index (κ1) is 21.2. The average molecular weight is 399 g/mol. The van der Waals surface area contributed by atoms with Gasteiger partial charge in [0.05, 0.1) is 5.60 Å². The van der Waals surface area contributed by atoms with Crippen LogP contribution in [0.15, 0.2) is 35.6 Å². The molecule has 0 amide bonds. The third-order valence-corrected chi connectivity index (χ3v) is 9.56. The lowest BCUT2D eigenvalue weighted by Crippen LogP contribution is -2.48. The molecule has 0 aliphatic heterocycles. The minimum Gasteiger partial charge on any atom is -0.508 e. The topological polar surface area (TPSA) is 40.5 Å². The standard InChI is InChI=1S/C27H42O2/c1-18(7-6-14-25(2,3)29)22-10-11-23-21-9-8-19-17-20(28)12-15-26(19,4)24(21)13-16-27(22,23)5/h8-9,12,17-18,21-24,28-29H,6-7,10-11,13-16H2,1-5H3/t18-,21+,22-,23+,24+,26+,27-/m1/s1. The number of hydrogen-bond donors (Lipinski definition) is 2. The molecule has 4 aliphatic rings. The molecule has 162 valence electrons. The Hall–Kier alpha value is -1.02. The van der Waals surface area contributed by atoms with Crippen LogP contribution < -0.4 is 0 Å². The van der Waals surface area contributed by atoms with Crippen LogP contribution >= 0.6 is 0 Å². The van der Waals surface area contributed by atoms with Crippen molar-refractivity contribution in [3.8, 4) is 0 Å². The van der Waals surface area contributed by atoms with Gasteiger partial charge in [0.2, 0.25) is 0 Å². The van der Waals surface area contributed by atoms with Crippen molar-refractivity contribution in [1.29, 1.82) is 0 Å². The van der Waals surface area contributed by atoms with E-state index < -0.39 is 5.60 Å². The van der Waals surface area contributed by atoms with E-state index in [4.69, 9.17) is 0 Å². The largest absolute Gasteiger partial charge is 0.508 e. The lowest BCUT2D eigenvalue weighted by atomic mass is 9.48. The summed E-state index contributed by atoms with van der Waals surface area (Å²) in [6, 6.07) is 0. The molecule has 7 atom stereocenters. The Morgan fingerprint density at radius 3 is 2.66 bits per heavy atom. The summed E-state index contributed by atoms with van der Waals surface area (Å²) in [6.45, 7) is 11.4. The van der Waals surface area contributed by atoms with E-state index in [9.17, 15) is 10.2 Å². The third kappa shape index (κ3) is 3.64. The highest BCUT2D eigenvalue weighted by Gasteiger charge is 2.58. The number of allylic oxidation sites excluding steroid dienone is 5. The number of fused-ring (bicyclic) bond motifs is 5. The second-order valence-electron chi connectivity index (χ2n) is 11.9. The van der Waals surface area contributed by atoms with Gasteiger partial charge < -0.3 is 10.2 Å². The zero-order chi connectivity index (χ0) is 21.0. The van der Waals surface area contributed by atoms with Gasteiger partial charge in [0.25, 0.3) is 0 Å². The monoisotopic (exact) mass is 398 g/mol. The molecule has 0 bridgehead atoms. The molecule has 0 aromatic rings. The van der Waals surface area contributed by atoms with E-state index in [2.05, 4.69) is 32.9 Å². The Kier molecular flexibility index (Phi) is 5.33. The van der Waals surface area contributed by atoms with Crippen molar-refractivity contribution in [1.82, 2.24) is 0 Å². The van der Waals surface area contributed by atoms with Gasteiger partial charge in [0.1, 0.15) is 5.76 Å². The van der Waals surface area contributed by atoms with Gasteiger partial charge in [-0.1, -0.05) is 45.8 Å². The van der Waals surface area contributed by atoms with Crippen molar-refractivity contribution in [3.63, 3.8) is 0 Å². The van der Waals surface area contributed by atoms with Gasteiger partial charge in [-0.3, -0.25) is 0 Å². The normalized spacial score (nSPS) is 42.4. The van der Waals surface area contributed by atoms with Crippen molar-refractivity contribution in [2.24, 2.45) is 40.4 Å². The average Bonchev–Trinajstić information content (AvgIpc) is 2.98. The number of rotatable bonds is 5. The molecule has 0 spiro atoms. The summed E-state index contributed by atoms with van der Waals surface area (Å²) in [5.41, 5.74) is 1.47. The second-order valence-corrected chi connectivity index (χ2v) is 11.9. The van der Waals surface area contributed by atoms with Gasteiger partial charge in [-0.05, 0) is 111 Å². The zero-order valence-corrected chi connectivity index (χ0v) is 19.2. The maximum atomic E-state index is 10.1. The maximum absolute atomic E-state index is 10.1. The molecular weight excluding hydrogens is 356 g/mol. The first-order valence-corrected chi connectivity index (χ1v) is 12.1. The maximum Gasteiger partial charge on any atom is 0.111 e. The first-order valence-electron chi connectivity index (χ1n) is 12.1.